The van der Waals surface area contributed by atoms with Crippen LogP contribution in [0.2, 0.25) is 0 Å². The number of rotatable bonds is 4. The van der Waals surface area contributed by atoms with Gasteiger partial charge in [0.2, 0.25) is 0 Å². The normalized spacial score (nSPS) is 20.3. The number of hydrogen-bond donors (Lipinski definition) is 1. The number of carbonyl (C=O) groups excluding carboxylic acids is 1. The summed E-state index contributed by atoms with van der Waals surface area (Å²) in [5, 5.41) is 2.36. The third-order valence-electron chi connectivity index (χ3n) is 3.96. The van der Waals surface area contributed by atoms with Gasteiger partial charge in [0.1, 0.15) is 5.01 Å². The van der Waals surface area contributed by atoms with E-state index >= 15 is 0 Å². The van der Waals surface area contributed by atoms with Crippen LogP contribution in [0, 0.1) is 0 Å². The Labute approximate surface area is 140 Å². The van der Waals surface area contributed by atoms with Crippen LogP contribution < -0.4 is 0 Å². The van der Waals surface area contributed by atoms with Crippen molar-refractivity contribution in [1.29, 1.82) is 0 Å². The molecule has 0 unspecified atom stereocenters. The molecule has 2 heterocycles. The molecule has 0 aromatic carbocycles. The summed E-state index contributed by atoms with van der Waals surface area (Å²) in [6.07, 6.45) is 1.85. The molecule has 0 bridgehead atoms. The van der Waals surface area contributed by atoms with Crippen LogP contribution in [-0.4, -0.2) is 42.1 Å². The average molecular weight is 341 g/mol. The Morgan fingerprint density at radius 1 is 1.41 bits per heavy atom. The highest BCUT2D eigenvalue weighted by atomic mass is 32.1. The SMILES string of the molecule is COC(=O)c1csc(C=C(CS)B2OC(C)(C)C(C)(C)O2)n1. The van der Waals surface area contributed by atoms with E-state index < -0.39 is 24.3 Å². The molecule has 120 valence electrons. The van der Waals surface area contributed by atoms with Crippen LogP contribution in [0.1, 0.15) is 43.2 Å². The Morgan fingerprint density at radius 2 is 2.00 bits per heavy atom. The van der Waals surface area contributed by atoms with E-state index in [9.17, 15) is 4.79 Å². The van der Waals surface area contributed by atoms with Gasteiger partial charge in [-0.15, -0.1) is 11.3 Å². The molecule has 8 heteroatoms. The topological polar surface area (TPSA) is 57.7 Å². The minimum atomic E-state index is -0.465. The van der Waals surface area contributed by atoms with Crippen molar-refractivity contribution in [2.75, 3.05) is 12.9 Å². The smallest absolute Gasteiger partial charge is 0.464 e. The number of hydrogen-bond acceptors (Lipinski definition) is 7. The van der Waals surface area contributed by atoms with Crippen molar-refractivity contribution in [3.05, 3.63) is 21.6 Å². The van der Waals surface area contributed by atoms with Crippen molar-refractivity contribution in [2.24, 2.45) is 0 Å². The first-order valence-corrected chi connectivity index (χ1v) is 8.42. The first-order valence-electron chi connectivity index (χ1n) is 6.91. The third kappa shape index (κ3) is 3.40. The Hall–Kier alpha value is -0.825. The minimum absolute atomic E-state index is 0.297. The fourth-order valence-corrected chi connectivity index (χ4v) is 2.89. The second kappa shape index (κ2) is 6.35. The number of carbonyl (C=O) groups is 1. The predicted octanol–water partition coefficient (Wildman–Crippen LogP) is 2.87. The number of thiol groups is 1. The zero-order valence-corrected chi connectivity index (χ0v) is 15.1. The summed E-state index contributed by atoms with van der Waals surface area (Å²) in [5.74, 6) is 0.0307. The number of aromatic nitrogens is 1. The fourth-order valence-electron chi connectivity index (χ4n) is 1.89. The zero-order chi connectivity index (χ0) is 16.5. The number of nitrogens with zero attached hydrogens (tertiary/aromatic N) is 1. The van der Waals surface area contributed by atoms with Gasteiger partial charge in [-0.2, -0.15) is 12.6 Å². The molecule has 1 aliphatic rings. The Balaban J connectivity index is 2.22. The Kier molecular flexibility index (Phi) is 5.06. The Bertz CT molecular complexity index is 581. The molecule has 0 amide bonds. The molecule has 0 radical (unpaired) electrons. The maximum atomic E-state index is 11.4. The highest BCUT2D eigenvalue weighted by Crippen LogP contribution is 2.39. The summed E-state index contributed by atoms with van der Waals surface area (Å²) in [7, 11) is 0.869. The first-order chi connectivity index (χ1) is 10.2. The lowest BCUT2D eigenvalue weighted by Crippen LogP contribution is -2.41. The first kappa shape index (κ1) is 17.5. The van der Waals surface area contributed by atoms with Crippen molar-refractivity contribution >= 4 is 43.1 Å². The summed E-state index contributed by atoms with van der Waals surface area (Å²) in [6.45, 7) is 8.01. The number of thiazole rings is 1. The van der Waals surface area contributed by atoms with Gasteiger partial charge in [-0.3, -0.25) is 0 Å². The molecule has 22 heavy (non-hydrogen) atoms. The quantitative estimate of drug-likeness (QED) is 0.518. The van der Waals surface area contributed by atoms with Gasteiger partial charge in [0, 0.05) is 11.1 Å². The maximum absolute atomic E-state index is 11.4. The monoisotopic (exact) mass is 341 g/mol. The average Bonchev–Trinajstić information content (AvgIpc) is 2.98. The van der Waals surface area contributed by atoms with Gasteiger partial charge in [0.05, 0.1) is 18.3 Å². The summed E-state index contributed by atoms with van der Waals surface area (Å²) in [5.41, 5.74) is 0.360. The van der Waals surface area contributed by atoms with Gasteiger partial charge in [-0.05, 0) is 39.2 Å². The van der Waals surface area contributed by atoms with E-state index in [0.717, 1.165) is 5.47 Å². The zero-order valence-electron chi connectivity index (χ0n) is 13.4. The van der Waals surface area contributed by atoms with Crippen molar-refractivity contribution in [1.82, 2.24) is 4.98 Å². The summed E-state index contributed by atoms with van der Waals surface area (Å²) >= 11 is 5.72. The Morgan fingerprint density at radius 3 is 2.50 bits per heavy atom. The predicted molar refractivity (Wildman–Crippen MR) is 91.4 cm³/mol. The molecule has 1 aromatic rings. The maximum Gasteiger partial charge on any atom is 0.491 e. The van der Waals surface area contributed by atoms with Crippen molar-refractivity contribution in [2.45, 2.75) is 38.9 Å². The van der Waals surface area contributed by atoms with Crippen LogP contribution in [0.3, 0.4) is 0 Å². The van der Waals surface area contributed by atoms with Crippen LogP contribution in [-0.2, 0) is 14.0 Å². The minimum Gasteiger partial charge on any atom is -0.464 e. The molecule has 0 aliphatic carbocycles. The summed E-state index contributed by atoms with van der Waals surface area (Å²) in [4.78, 5) is 15.7. The van der Waals surface area contributed by atoms with Crippen LogP contribution in [0.5, 0.6) is 0 Å². The van der Waals surface area contributed by atoms with Crippen LogP contribution in [0.4, 0.5) is 0 Å². The lowest BCUT2D eigenvalue weighted by molar-refractivity contribution is 0.00578. The molecule has 0 N–H and O–H groups in total. The van der Waals surface area contributed by atoms with E-state index in [4.69, 9.17) is 9.31 Å². The van der Waals surface area contributed by atoms with E-state index in [1.165, 1.54) is 18.4 Å². The second-order valence-electron chi connectivity index (χ2n) is 6.03. The largest absolute Gasteiger partial charge is 0.491 e. The highest BCUT2D eigenvalue weighted by molar-refractivity contribution is 7.80. The molecule has 0 atom stereocenters. The van der Waals surface area contributed by atoms with E-state index in [2.05, 4.69) is 22.3 Å². The van der Waals surface area contributed by atoms with E-state index in [1.54, 1.807) is 5.38 Å². The van der Waals surface area contributed by atoms with Gasteiger partial charge in [-0.25, -0.2) is 9.78 Å². The van der Waals surface area contributed by atoms with Gasteiger partial charge in [-0.1, -0.05) is 0 Å². The summed E-state index contributed by atoms with van der Waals surface area (Å²) in [6, 6.07) is 0. The van der Waals surface area contributed by atoms with Gasteiger partial charge >= 0.3 is 13.1 Å². The molecule has 1 fully saturated rings. The third-order valence-corrected chi connectivity index (χ3v) is 5.12. The molecule has 1 aromatic heterocycles. The van der Waals surface area contributed by atoms with Crippen LogP contribution in [0.15, 0.2) is 10.9 Å². The van der Waals surface area contributed by atoms with Crippen molar-refractivity contribution in [3.63, 3.8) is 0 Å². The van der Waals surface area contributed by atoms with E-state index in [0.29, 0.717) is 16.5 Å². The summed E-state index contributed by atoms with van der Waals surface area (Å²) < 4.78 is 16.7. The standard InChI is InChI=1S/C14H20BNO4S2/c1-13(2)14(3,4)20-15(19-13)9(7-21)6-11-16-10(8-22-11)12(17)18-5/h6,8,21H,7H2,1-5H3. The van der Waals surface area contributed by atoms with Gasteiger partial charge in [0.25, 0.3) is 0 Å². The van der Waals surface area contributed by atoms with E-state index in [1.807, 2.05) is 33.8 Å². The van der Waals surface area contributed by atoms with Crippen LogP contribution >= 0.6 is 24.0 Å². The highest BCUT2D eigenvalue weighted by Gasteiger charge is 2.52. The molecule has 2 rings (SSSR count). The molecule has 0 spiro atoms. The molecule has 0 saturated carbocycles. The molecule has 5 nitrogen and oxygen atoms in total. The molecule has 1 aliphatic heterocycles. The van der Waals surface area contributed by atoms with Crippen molar-refractivity contribution < 1.29 is 18.8 Å². The lowest BCUT2D eigenvalue weighted by atomic mass is 9.79. The number of ether oxygens (including phenoxy) is 1. The number of methoxy groups -OCH3 is 1. The van der Waals surface area contributed by atoms with Crippen LogP contribution in [0.25, 0.3) is 6.08 Å². The second-order valence-corrected chi connectivity index (χ2v) is 7.23. The van der Waals surface area contributed by atoms with Crippen molar-refractivity contribution in [3.8, 4) is 0 Å². The molecule has 1 saturated heterocycles. The lowest BCUT2D eigenvalue weighted by Gasteiger charge is -2.32. The fraction of sp³-hybridized carbons (Fsp3) is 0.571. The van der Waals surface area contributed by atoms with Gasteiger partial charge < -0.3 is 14.0 Å². The molecular formula is C14H20BNO4S2. The molecular weight excluding hydrogens is 321 g/mol. The van der Waals surface area contributed by atoms with Gasteiger partial charge in [0.15, 0.2) is 5.69 Å². The number of esters is 1. The van der Waals surface area contributed by atoms with E-state index in [-0.39, 0.29) is 0 Å².